The normalized spacial score (nSPS) is 11.8. The molecule has 1 aromatic rings. The Labute approximate surface area is 162 Å². The maximum atomic E-state index is 12.3. The summed E-state index contributed by atoms with van der Waals surface area (Å²) in [5.41, 5.74) is 0.449. The van der Waals surface area contributed by atoms with Crippen molar-refractivity contribution in [3.05, 3.63) is 35.4 Å². The molecule has 26 heavy (non-hydrogen) atoms. The van der Waals surface area contributed by atoms with Gasteiger partial charge in [0.2, 0.25) is 0 Å². The van der Waals surface area contributed by atoms with E-state index in [1.807, 2.05) is 0 Å². The number of alkyl halides is 1. The van der Waals surface area contributed by atoms with Crippen LogP contribution in [-0.2, 0) is 9.47 Å². The van der Waals surface area contributed by atoms with E-state index in [0.29, 0.717) is 6.61 Å². The predicted octanol–water partition coefficient (Wildman–Crippen LogP) is 5.77. The Morgan fingerprint density at radius 2 is 1.38 bits per heavy atom. The highest BCUT2D eigenvalue weighted by Gasteiger charge is 2.19. The van der Waals surface area contributed by atoms with E-state index in [-0.39, 0.29) is 23.1 Å². The first kappa shape index (κ1) is 22.5. The van der Waals surface area contributed by atoms with Gasteiger partial charge >= 0.3 is 11.9 Å². The maximum Gasteiger partial charge on any atom is 0.339 e. The second-order valence-corrected chi connectivity index (χ2v) is 7.28. The average molecular weight is 383 g/mol. The predicted molar refractivity (Wildman–Crippen MR) is 105 cm³/mol. The molecule has 0 saturated heterocycles. The zero-order chi connectivity index (χ0) is 19.2. The number of halogens is 1. The summed E-state index contributed by atoms with van der Waals surface area (Å²) in [6, 6.07) is 6.54. The quantitative estimate of drug-likeness (QED) is 0.247. The van der Waals surface area contributed by atoms with E-state index in [4.69, 9.17) is 21.1 Å². The number of ether oxygens (including phenoxy) is 2. The van der Waals surface area contributed by atoms with Gasteiger partial charge in [-0.1, -0.05) is 64.0 Å². The molecule has 5 heteroatoms. The average Bonchev–Trinajstić information content (AvgIpc) is 2.64. The third kappa shape index (κ3) is 9.23. The molecule has 4 nitrogen and oxygen atoms in total. The lowest BCUT2D eigenvalue weighted by Gasteiger charge is -2.10. The van der Waals surface area contributed by atoms with Crippen molar-refractivity contribution in [3.8, 4) is 0 Å². The minimum atomic E-state index is -0.558. The summed E-state index contributed by atoms with van der Waals surface area (Å²) < 4.78 is 10.4. The fourth-order valence-corrected chi connectivity index (χ4v) is 2.65. The van der Waals surface area contributed by atoms with Gasteiger partial charge in [-0.3, -0.25) is 0 Å². The zero-order valence-corrected chi connectivity index (χ0v) is 16.7. The van der Waals surface area contributed by atoms with Gasteiger partial charge in [-0.15, -0.1) is 11.6 Å². The maximum absolute atomic E-state index is 12.3. The number of hydrogen-bond donors (Lipinski definition) is 0. The van der Waals surface area contributed by atoms with Crippen LogP contribution in [0.2, 0.25) is 0 Å². The molecule has 0 aromatic heterocycles. The molecule has 1 unspecified atom stereocenters. The fourth-order valence-electron chi connectivity index (χ4n) is 2.59. The zero-order valence-electron chi connectivity index (χ0n) is 16.0. The minimum Gasteiger partial charge on any atom is -0.462 e. The van der Waals surface area contributed by atoms with Crippen molar-refractivity contribution in [2.24, 2.45) is 0 Å². The molecule has 0 aliphatic rings. The van der Waals surface area contributed by atoms with Crippen molar-refractivity contribution in [3.63, 3.8) is 0 Å². The molecule has 0 aliphatic heterocycles. The molecule has 1 aromatic carbocycles. The lowest BCUT2D eigenvalue weighted by atomic mass is 10.1. The van der Waals surface area contributed by atoms with Crippen LogP contribution in [0, 0.1) is 0 Å². The molecule has 0 radical (unpaired) electrons. The van der Waals surface area contributed by atoms with Crippen LogP contribution in [-0.4, -0.2) is 30.5 Å². The number of esters is 2. The lowest BCUT2D eigenvalue weighted by molar-refractivity contribution is 0.0455. The first-order chi connectivity index (χ1) is 12.6. The van der Waals surface area contributed by atoms with E-state index in [1.54, 1.807) is 31.2 Å². The van der Waals surface area contributed by atoms with Crippen molar-refractivity contribution in [2.75, 3.05) is 13.2 Å². The highest BCUT2D eigenvalue weighted by atomic mass is 35.5. The van der Waals surface area contributed by atoms with E-state index in [2.05, 4.69) is 6.92 Å². The van der Waals surface area contributed by atoms with Crippen LogP contribution in [0.15, 0.2) is 24.3 Å². The Kier molecular flexibility index (Phi) is 11.8. The molecule has 146 valence electrons. The number of rotatable bonds is 13. The third-order valence-electron chi connectivity index (χ3n) is 4.04. The van der Waals surface area contributed by atoms with Crippen molar-refractivity contribution in [1.29, 1.82) is 0 Å². The van der Waals surface area contributed by atoms with Crippen molar-refractivity contribution in [2.45, 2.75) is 70.6 Å². The molecule has 0 N–H and O–H groups in total. The van der Waals surface area contributed by atoms with Crippen LogP contribution in [0.3, 0.4) is 0 Å². The molecule has 0 bridgehead atoms. The number of hydrogen-bond acceptors (Lipinski definition) is 4. The molecule has 1 rings (SSSR count). The number of unbranched alkanes of at least 4 members (excludes halogenated alkanes) is 7. The summed E-state index contributed by atoms with van der Waals surface area (Å²) in [7, 11) is 0. The van der Waals surface area contributed by atoms with Gasteiger partial charge in [-0.05, 0) is 25.5 Å². The Balaban J connectivity index is 2.35. The van der Waals surface area contributed by atoms with Crippen molar-refractivity contribution in [1.82, 2.24) is 0 Å². The summed E-state index contributed by atoms with van der Waals surface area (Å²) in [6.07, 6.45) is 9.46. The Morgan fingerprint density at radius 3 is 1.92 bits per heavy atom. The lowest BCUT2D eigenvalue weighted by Crippen LogP contribution is -2.17. The number of carbonyl (C=O) groups is 2. The largest absolute Gasteiger partial charge is 0.462 e. The molecule has 0 heterocycles. The van der Waals surface area contributed by atoms with Crippen molar-refractivity contribution < 1.29 is 19.1 Å². The summed E-state index contributed by atoms with van der Waals surface area (Å²) in [4.78, 5) is 24.4. The first-order valence-corrected chi connectivity index (χ1v) is 10.1. The second-order valence-electron chi connectivity index (χ2n) is 6.54. The SMILES string of the molecule is CCCCCCCCCCOC(=O)c1ccccc1C(=O)OCC(C)Cl. The smallest absolute Gasteiger partial charge is 0.339 e. The van der Waals surface area contributed by atoms with Crippen molar-refractivity contribution >= 4 is 23.5 Å². The third-order valence-corrected chi connectivity index (χ3v) is 4.17. The summed E-state index contributed by atoms with van der Waals surface area (Å²) in [5, 5.41) is -0.278. The van der Waals surface area contributed by atoms with Crippen LogP contribution in [0.25, 0.3) is 0 Å². The summed E-state index contributed by atoms with van der Waals surface area (Å²) >= 11 is 5.79. The monoisotopic (exact) mass is 382 g/mol. The summed E-state index contributed by atoms with van der Waals surface area (Å²) in [6.45, 7) is 4.42. The van der Waals surface area contributed by atoms with Gasteiger partial charge in [-0.2, -0.15) is 0 Å². The Hall–Kier alpha value is -1.55. The highest BCUT2D eigenvalue weighted by Crippen LogP contribution is 2.14. The van der Waals surface area contributed by atoms with Crippen LogP contribution >= 0.6 is 11.6 Å². The van der Waals surface area contributed by atoms with Crippen LogP contribution in [0.5, 0.6) is 0 Å². The van der Waals surface area contributed by atoms with E-state index in [1.165, 1.54) is 38.5 Å². The second kappa shape index (κ2) is 13.6. The first-order valence-electron chi connectivity index (χ1n) is 9.63. The van der Waals surface area contributed by atoms with E-state index in [9.17, 15) is 9.59 Å². The Morgan fingerprint density at radius 1 is 0.885 bits per heavy atom. The highest BCUT2D eigenvalue weighted by molar-refractivity contribution is 6.20. The van der Waals surface area contributed by atoms with Gasteiger partial charge in [0.05, 0.1) is 23.1 Å². The molecule has 1 atom stereocenters. The fraction of sp³-hybridized carbons (Fsp3) is 0.619. The molecular weight excluding hydrogens is 352 g/mol. The number of carbonyl (C=O) groups excluding carboxylic acids is 2. The van der Waals surface area contributed by atoms with E-state index >= 15 is 0 Å². The Bertz CT molecular complexity index is 543. The van der Waals surface area contributed by atoms with Gasteiger partial charge in [0.15, 0.2) is 0 Å². The molecular formula is C21H31ClO4. The van der Waals surface area contributed by atoms with E-state index in [0.717, 1.165) is 12.8 Å². The molecule has 0 spiro atoms. The summed E-state index contributed by atoms with van der Waals surface area (Å²) in [5.74, 6) is -1.04. The van der Waals surface area contributed by atoms with Gasteiger partial charge in [-0.25, -0.2) is 9.59 Å². The topological polar surface area (TPSA) is 52.6 Å². The molecule has 0 saturated carbocycles. The van der Waals surface area contributed by atoms with Crippen LogP contribution < -0.4 is 0 Å². The van der Waals surface area contributed by atoms with Gasteiger partial charge in [0.25, 0.3) is 0 Å². The van der Waals surface area contributed by atoms with Crippen LogP contribution in [0.4, 0.5) is 0 Å². The number of benzene rings is 1. The van der Waals surface area contributed by atoms with Gasteiger partial charge in [0, 0.05) is 0 Å². The van der Waals surface area contributed by atoms with Gasteiger partial charge < -0.3 is 9.47 Å². The minimum absolute atomic E-state index is 0.0992. The van der Waals surface area contributed by atoms with Gasteiger partial charge in [0.1, 0.15) is 6.61 Å². The van der Waals surface area contributed by atoms with Crippen LogP contribution in [0.1, 0.15) is 85.9 Å². The standard InChI is InChI=1S/C21H31ClO4/c1-3-4-5-6-7-8-9-12-15-25-20(23)18-13-10-11-14-19(18)21(24)26-16-17(2)22/h10-11,13-14,17H,3-9,12,15-16H2,1-2H3. The molecule has 0 fully saturated rings. The molecule has 0 aliphatic carbocycles. The molecule has 0 amide bonds. The van der Waals surface area contributed by atoms with E-state index < -0.39 is 11.9 Å².